The summed E-state index contributed by atoms with van der Waals surface area (Å²) >= 11 is 0. The third-order valence-corrected chi connectivity index (χ3v) is 3.99. The van der Waals surface area contributed by atoms with Gasteiger partial charge in [-0.15, -0.1) is 0 Å². The van der Waals surface area contributed by atoms with E-state index in [0.717, 1.165) is 48.3 Å². The number of nitrogens with one attached hydrogen (secondary N) is 1. The van der Waals surface area contributed by atoms with Crippen LogP contribution in [0.1, 0.15) is 35.8 Å². The largest absolute Gasteiger partial charge is 0.337 e. The molecule has 1 fully saturated rings. The average molecular weight is 257 g/mol. The zero-order chi connectivity index (χ0) is 13.4. The van der Waals surface area contributed by atoms with Gasteiger partial charge in [0.2, 0.25) is 0 Å². The Morgan fingerprint density at radius 3 is 2.84 bits per heavy atom. The summed E-state index contributed by atoms with van der Waals surface area (Å²) in [5, 5.41) is 8.09. The Kier molecular flexibility index (Phi) is 3.01. The summed E-state index contributed by atoms with van der Waals surface area (Å²) in [6, 6.07) is 6.03. The van der Waals surface area contributed by atoms with E-state index >= 15 is 0 Å². The zero-order valence-corrected chi connectivity index (χ0v) is 11.4. The highest BCUT2D eigenvalue weighted by Crippen LogP contribution is 2.22. The molecule has 100 valence electrons. The summed E-state index contributed by atoms with van der Waals surface area (Å²) in [6.45, 7) is 5.97. The van der Waals surface area contributed by atoms with Gasteiger partial charge in [-0.3, -0.25) is 9.89 Å². The van der Waals surface area contributed by atoms with Crippen molar-refractivity contribution in [2.24, 2.45) is 5.92 Å². The fraction of sp³-hybridized carbons (Fsp3) is 0.467. The van der Waals surface area contributed by atoms with Gasteiger partial charge >= 0.3 is 0 Å². The lowest BCUT2D eigenvalue weighted by atomic mass is 9.99. The van der Waals surface area contributed by atoms with Gasteiger partial charge in [-0.2, -0.15) is 5.10 Å². The Balaban J connectivity index is 1.91. The number of piperidine rings is 1. The van der Waals surface area contributed by atoms with Gasteiger partial charge in [0, 0.05) is 18.5 Å². The number of aromatic nitrogens is 2. The summed E-state index contributed by atoms with van der Waals surface area (Å²) in [6.07, 6.45) is 2.18. The molecule has 3 rings (SSSR count). The van der Waals surface area contributed by atoms with E-state index in [4.69, 9.17) is 0 Å². The maximum Gasteiger partial charge on any atom is 0.274 e. The normalized spacial score (nSPS) is 17.1. The van der Waals surface area contributed by atoms with Crippen LogP contribution in [0.4, 0.5) is 0 Å². The van der Waals surface area contributed by atoms with Crippen LogP contribution in [-0.2, 0) is 0 Å². The van der Waals surface area contributed by atoms with E-state index in [9.17, 15) is 4.79 Å². The number of benzene rings is 1. The molecule has 0 unspecified atom stereocenters. The second kappa shape index (κ2) is 4.68. The SMILES string of the molecule is Cc1ccc2[nH]nc(C(=O)N3CCC(C)CC3)c2c1. The predicted molar refractivity (Wildman–Crippen MR) is 75.1 cm³/mol. The molecule has 0 bridgehead atoms. The standard InChI is InChI=1S/C15H19N3O/c1-10-5-7-18(8-6-10)15(19)14-12-9-11(2)3-4-13(12)16-17-14/h3-4,9-10H,5-8H2,1-2H3,(H,16,17). The van der Waals surface area contributed by atoms with E-state index in [-0.39, 0.29) is 5.91 Å². The molecule has 4 heteroatoms. The van der Waals surface area contributed by atoms with Crippen molar-refractivity contribution in [1.82, 2.24) is 15.1 Å². The number of hydrogen-bond acceptors (Lipinski definition) is 2. The van der Waals surface area contributed by atoms with Gasteiger partial charge in [-0.25, -0.2) is 0 Å². The number of carbonyl (C=O) groups excluding carboxylic acids is 1. The Hall–Kier alpha value is -1.84. The van der Waals surface area contributed by atoms with Gasteiger partial charge in [0.05, 0.1) is 5.52 Å². The van der Waals surface area contributed by atoms with Crippen LogP contribution in [0.25, 0.3) is 10.9 Å². The van der Waals surface area contributed by atoms with Gasteiger partial charge < -0.3 is 4.90 Å². The van der Waals surface area contributed by atoms with Crippen LogP contribution in [0.3, 0.4) is 0 Å². The number of amides is 1. The zero-order valence-electron chi connectivity index (χ0n) is 11.4. The number of hydrogen-bond donors (Lipinski definition) is 1. The number of H-pyrrole nitrogens is 1. The van der Waals surface area contributed by atoms with Gasteiger partial charge in [0.1, 0.15) is 0 Å². The molecule has 0 radical (unpaired) electrons. The molecule has 1 aliphatic rings. The summed E-state index contributed by atoms with van der Waals surface area (Å²) in [5.41, 5.74) is 2.64. The fourth-order valence-corrected chi connectivity index (χ4v) is 2.65. The molecule has 1 aliphatic heterocycles. The molecule has 1 N–H and O–H groups in total. The molecule has 4 nitrogen and oxygen atoms in total. The second-order valence-electron chi connectivity index (χ2n) is 5.60. The first kappa shape index (κ1) is 12.2. The van der Waals surface area contributed by atoms with Crippen molar-refractivity contribution in [3.8, 4) is 0 Å². The van der Waals surface area contributed by atoms with Gasteiger partial charge in [-0.05, 0) is 37.8 Å². The lowest BCUT2D eigenvalue weighted by molar-refractivity contribution is 0.0693. The first-order valence-electron chi connectivity index (χ1n) is 6.89. The Morgan fingerprint density at radius 1 is 1.37 bits per heavy atom. The Bertz CT molecular complexity index is 609. The first-order valence-corrected chi connectivity index (χ1v) is 6.89. The minimum absolute atomic E-state index is 0.0590. The van der Waals surface area contributed by atoms with Gasteiger partial charge in [-0.1, -0.05) is 18.6 Å². The third-order valence-electron chi connectivity index (χ3n) is 3.99. The Labute approximate surface area is 112 Å². The predicted octanol–water partition coefficient (Wildman–Crippen LogP) is 2.74. The summed E-state index contributed by atoms with van der Waals surface area (Å²) in [7, 11) is 0. The third kappa shape index (κ3) is 2.23. The molecular formula is C15H19N3O. The van der Waals surface area contributed by atoms with E-state index in [2.05, 4.69) is 17.1 Å². The highest BCUT2D eigenvalue weighted by Gasteiger charge is 2.24. The minimum atomic E-state index is 0.0590. The minimum Gasteiger partial charge on any atom is -0.337 e. The number of aromatic amines is 1. The highest BCUT2D eigenvalue weighted by molar-refractivity contribution is 6.04. The topological polar surface area (TPSA) is 49.0 Å². The fourth-order valence-electron chi connectivity index (χ4n) is 2.65. The molecule has 0 aliphatic carbocycles. The van der Waals surface area contributed by atoms with Crippen molar-refractivity contribution in [2.75, 3.05) is 13.1 Å². The highest BCUT2D eigenvalue weighted by atomic mass is 16.2. The van der Waals surface area contributed by atoms with Crippen molar-refractivity contribution < 1.29 is 4.79 Å². The smallest absolute Gasteiger partial charge is 0.274 e. The van der Waals surface area contributed by atoms with Crippen LogP contribution < -0.4 is 0 Å². The van der Waals surface area contributed by atoms with Crippen LogP contribution in [0.5, 0.6) is 0 Å². The van der Waals surface area contributed by atoms with E-state index in [1.165, 1.54) is 0 Å². The van der Waals surface area contributed by atoms with E-state index in [1.54, 1.807) is 0 Å². The summed E-state index contributed by atoms with van der Waals surface area (Å²) in [5.74, 6) is 0.783. The molecule has 2 heterocycles. The van der Waals surface area contributed by atoms with Crippen molar-refractivity contribution in [3.05, 3.63) is 29.5 Å². The van der Waals surface area contributed by atoms with Crippen molar-refractivity contribution in [1.29, 1.82) is 0 Å². The van der Waals surface area contributed by atoms with Gasteiger partial charge in [0.25, 0.3) is 5.91 Å². The lowest BCUT2D eigenvalue weighted by Gasteiger charge is -2.29. The van der Waals surface area contributed by atoms with Crippen LogP contribution in [-0.4, -0.2) is 34.1 Å². The van der Waals surface area contributed by atoms with Crippen LogP contribution in [0, 0.1) is 12.8 Å². The molecule has 19 heavy (non-hydrogen) atoms. The van der Waals surface area contributed by atoms with E-state index in [1.807, 2.05) is 30.0 Å². The summed E-state index contributed by atoms with van der Waals surface area (Å²) in [4.78, 5) is 14.5. The molecule has 1 amide bonds. The van der Waals surface area contributed by atoms with Gasteiger partial charge in [0.15, 0.2) is 5.69 Å². The molecule has 0 saturated carbocycles. The monoisotopic (exact) mass is 257 g/mol. The molecule has 1 aromatic carbocycles. The molecule has 0 atom stereocenters. The second-order valence-corrected chi connectivity index (χ2v) is 5.60. The number of likely N-dealkylation sites (tertiary alicyclic amines) is 1. The summed E-state index contributed by atoms with van der Waals surface area (Å²) < 4.78 is 0. The van der Waals surface area contributed by atoms with Crippen LogP contribution >= 0.6 is 0 Å². The maximum absolute atomic E-state index is 12.5. The first-order chi connectivity index (χ1) is 9.15. The Morgan fingerprint density at radius 2 is 2.11 bits per heavy atom. The number of aryl methyl sites for hydroxylation is 1. The van der Waals surface area contributed by atoms with E-state index < -0.39 is 0 Å². The number of rotatable bonds is 1. The quantitative estimate of drug-likeness (QED) is 0.854. The van der Waals surface area contributed by atoms with Crippen molar-refractivity contribution >= 4 is 16.8 Å². The van der Waals surface area contributed by atoms with Crippen molar-refractivity contribution in [3.63, 3.8) is 0 Å². The number of nitrogens with zero attached hydrogens (tertiary/aromatic N) is 2. The van der Waals surface area contributed by atoms with Crippen LogP contribution in [0.2, 0.25) is 0 Å². The number of carbonyl (C=O) groups is 1. The van der Waals surface area contributed by atoms with E-state index in [0.29, 0.717) is 5.69 Å². The maximum atomic E-state index is 12.5. The molecule has 1 saturated heterocycles. The average Bonchev–Trinajstić information content (AvgIpc) is 2.81. The van der Waals surface area contributed by atoms with Crippen LogP contribution in [0.15, 0.2) is 18.2 Å². The van der Waals surface area contributed by atoms with Crippen molar-refractivity contribution in [2.45, 2.75) is 26.7 Å². The molecule has 1 aromatic heterocycles. The number of fused-ring (bicyclic) bond motifs is 1. The molecule has 2 aromatic rings. The molecular weight excluding hydrogens is 238 g/mol. The lowest BCUT2D eigenvalue weighted by Crippen LogP contribution is -2.38. The molecule has 0 spiro atoms.